The molecule has 0 bridgehead atoms. The van der Waals surface area contributed by atoms with E-state index in [0.717, 1.165) is 12.8 Å². The number of ether oxygens (including phenoxy) is 2. The van der Waals surface area contributed by atoms with Crippen molar-refractivity contribution in [3.05, 3.63) is 35.9 Å². The van der Waals surface area contributed by atoms with Gasteiger partial charge in [-0.15, -0.1) is 0 Å². The lowest BCUT2D eigenvalue weighted by Gasteiger charge is -2.21. The molecule has 0 aromatic heterocycles. The van der Waals surface area contributed by atoms with Gasteiger partial charge in [0.15, 0.2) is 0 Å². The van der Waals surface area contributed by atoms with Gasteiger partial charge in [0, 0.05) is 12.6 Å². The van der Waals surface area contributed by atoms with Crippen molar-refractivity contribution in [3.8, 4) is 0 Å². The van der Waals surface area contributed by atoms with E-state index in [0.29, 0.717) is 13.2 Å². The minimum Gasteiger partial charge on any atom is -0.444 e. The molecule has 1 N–H and O–H groups in total. The molecule has 0 heterocycles. The summed E-state index contributed by atoms with van der Waals surface area (Å²) in [6, 6.07) is 10.2. The molecule has 0 unspecified atom stereocenters. The molecule has 0 fully saturated rings. The van der Waals surface area contributed by atoms with Crippen LogP contribution < -0.4 is 5.32 Å². The van der Waals surface area contributed by atoms with Crippen molar-refractivity contribution in [2.75, 3.05) is 6.61 Å². The molecule has 0 aliphatic carbocycles. The van der Waals surface area contributed by atoms with E-state index in [4.69, 9.17) is 9.47 Å². The fraction of sp³-hybridized carbons (Fsp3) is 0.588. The molecule has 0 saturated heterocycles. The highest BCUT2D eigenvalue weighted by Gasteiger charge is 2.17. The molecule has 0 spiro atoms. The Morgan fingerprint density at radius 2 is 1.90 bits per heavy atom. The molecule has 1 aromatic carbocycles. The van der Waals surface area contributed by atoms with Crippen LogP contribution in [0.5, 0.6) is 0 Å². The molecule has 1 aromatic rings. The molecule has 1 rings (SSSR count). The van der Waals surface area contributed by atoms with Gasteiger partial charge in [-0.3, -0.25) is 0 Å². The second-order valence-corrected chi connectivity index (χ2v) is 6.23. The summed E-state index contributed by atoms with van der Waals surface area (Å²) < 4.78 is 10.8. The molecule has 21 heavy (non-hydrogen) atoms. The number of rotatable bonds is 7. The third-order valence-corrected chi connectivity index (χ3v) is 2.80. The van der Waals surface area contributed by atoms with Crippen LogP contribution in [-0.2, 0) is 16.1 Å². The van der Waals surface area contributed by atoms with E-state index in [2.05, 4.69) is 5.32 Å². The largest absolute Gasteiger partial charge is 0.444 e. The molecular formula is C17H27NO3. The molecule has 4 nitrogen and oxygen atoms in total. The maximum Gasteiger partial charge on any atom is 0.407 e. The van der Waals surface area contributed by atoms with E-state index in [1.165, 1.54) is 5.56 Å². The minimum absolute atomic E-state index is 0.0835. The normalized spacial score (nSPS) is 12.8. The molecule has 0 radical (unpaired) electrons. The Morgan fingerprint density at radius 3 is 2.52 bits per heavy atom. The number of hydrogen-bond acceptors (Lipinski definition) is 3. The van der Waals surface area contributed by atoms with Crippen molar-refractivity contribution in [2.24, 2.45) is 0 Å². The van der Waals surface area contributed by atoms with E-state index in [9.17, 15) is 4.79 Å². The molecule has 0 saturated carbocycles. The van der Waals surface area contributed by atoms with Crippen LogP contribution in [0.2, 0.25) is 0 Å². The second-order valence-electron chi connectivity index (χ2n) is 6.23. The summed E-state index contributed by atoms with van der Waals surface area (Å²) in [6.07, 6.45) is 1.41. The summed E-state index contributed by atoms with van der Waals surface area (Å²) in [6.45, 7) is 8.86. The highest BCUT2D eigenvalue weighted by atomic mass is 16.6. The second kappa shape index (κ2) is 8.67. The Morgan fingerprint density at radius 1 is 1.24 bits per heavy atom. The van der Waals surface area contributed by atoms with Crippen molar-refractivity contribution >= 4 is 6.09 Å². The molecule has 0 aliphatic rings. The highest BCUT2D eigenvalue weighted by molar-refractivity contribution is 5.67. The Bertz CT molecular complexity index is 412. The van der Waals surface area contributed by atoms with Crippen LogP contribution >= 0.6 is 0 Å². The Balaban J connectivity index is 2.08. The standard InChI is InChI=1S/C17H27NO3/c1-14(18-16(19)21-17(2,3)4)9-8-12-20-13-15-10-6-5-7-11-15/h5-7,10-11,14H,8-9,12-13H2,1-4H3,(H,18,19)/t14-/m1/s1. The van der Waals surface area contributed by atoms with Gasteiger partial charge in [-0.1, -0.05) is 30.3 Å². The number of hydrogen-bond donors (Lipinski definition) is 1. The third-order valence-electron chi connectivity index (χ3n) is 2.80. The lowest BCUT2D eigenvalue weighted by atomic mass is 10.2. The van der Waals surface area contributed by atoms with Crippen LogP contribution in [0.1, 0.15) is 46.1 Å². The van der Waals surface area contributed by atoms with Gasteiger partial charge in [-0.2, -0.15) is 0 Å². The maximum atomic E-state index is 11.6. The quantitative estimate of drug-likeness (QED) is 0.776. The molecule has 1 atom stereocenters. The van der Waals surface area contributed by atoms with Crippen LogP contribution in [0.25, 0.3) is 0 Å². The molecule has 1 amide bonds. The van der Waals surface area contributed by atoms with Crippen molar-refractivity contribution in [2.45, 2.75) is 58.8 Å². The number of nitrogens with one attached hydrogen (secondary N) is 1. The van der Waals surface area contributed by atoms with Crippen LogP contribution in [-0.4, -0.2) is 24.3 Å². The van der Waals surface area contributed by atoms with E-state index < -0.39 is 5.60 Å². The van der Waals surface area contributed by atoms with Crippen LogP contribution in [0.15, 0.2) is 30.3 Å². The summed E-state index contributed by atoms with van der Waals surface area (Å²) in [5, 5.41) is 2.83. The van der Waals surface area contributed by atoms with Gasteiger partial charge in [-0.05, 0) is 46.1 Å². The highest BCUT2D eigenvalue weighted by Crippen LogP contribution is 2.08. The number of amides is 1. The molecule has 118 valence electrons. The summed E-state index contributed by atoms with van der Waals surface area (Å²) in [4.78, 5) is 11.6. The predicted molar refractivity (Wildman–Crippen MR) is 84.2 cm³/mol. The van der Waals surface area contributed by atoms with Crippen LogP contribution in [0.4, 0.5) is 4.79 Å². The van der Waals surface area contributed by atoms with Crippen molar-refractivity contribution < 1.29 is 14.3 Å². The summed E-state index contributed by atoms with van der Waals surface area (Å²) in [5.41, 5.74) is 0.722. The van der Waals surface area contributed by atoms with E-state index >= 15 is 0 Å². The van der Waals surface area contributed by atoms with Crippen LogP contribution in [0, 0.1) is 0 Å². The summed E-state index contributed by atoms with van der Waals surface area (Å²) in [5.74, 6) is 0. The lowest BCUT2D eigenvalue weighted by molar-refractivity contribution is 0.0501. The first-order chi connectivity index (χ1) is 9.87. The fourth-order valence-electron chi connectivity index (χ4n) is 1.84. The van der Waals surface area contributed by atoms with Crippen LogP contribution in [0.3, 0.4) is 0 Å². The fourth-order valence-corrected chi connectivity index (χ4v) is 1.84. The van der Waals surface area contributed by atoms with Crippen molar-refractivity contribution in [3.63, 3.8) is 0 Å². The van der Waals surface area contributed by atoms with E-state index in [1.807, 2.05) is 58.0 Å². The van der Waals surface area contributed by atoms with Crippen molar-refractivity contribution in [1.82, 2.24) is 5.32 Å². The zero-order valence-electron chi connectivity index (χ0n) is 13.5. The van der Waals surface area contributed by atoms with Gasteiger partial charge < -0.3 is 14.8 Å². The van der Waals surface area contributed by atoms with Gasteiger partial charge in [0.2, 0.25) is 0 Å². The first-order valence-electron chi connectivity index (χ1n) is 7.48. The van der Waals surface area contributed by atoms with Gasteiger partial charge in [-0.25, -0.2) is 4.79 Å². The number of alkyl carbamates (subject to hydrolysis) is 1. The minimum atomic E-state index is -0.456. The van der Waals surface area contributed by atoms with Gasteiger partial charge in [0.05, 0.1) is 6.61 Å². The van der Waals surface area contributed by atoms with E-state index in [-0.39, 0.29) is 12.1 Å². The first-order valence-corrected chi connectivity index (χ1v) is 7.48. The Labute approximate surface area is 127 Å². The number of carbonyl (C=O) groups is 1. The monoisotopic (exact) mass is 293 g/mol. The third kappa shape index (κ3) is 9.08. The molecule has 4 heteroatoms. The maximum absolute atomic E-state index is 11.6. The predicted octanol–water partition coefficient (Wildman–Crippen LogP) is 3.90. The van der Waals surface area contributed by atoms with Gasteiger partial charge in [0.25, 0.3) is 0 Å². The smallest absolute Gasteiger partial charge is 0.407 e. The Kier molecular flexibility index (Phi) is 7.23. The molecular weight excluding hydrogens is 266 g/mol. The zero-order valence-corrected chi connectivity index (χ0v) is 13.5. The SMILES string of the molecule is C[C@H](CCCOCc1ccccc1)NC(=O)OC(C)(C)C. The van der Waals surface area contributed by atoms with Gasteiger partial charge in [0.1, 0.15) is 5.60 Å². The first kappa shape index (κ1) is 17.5. The lowest BCUT2D eigenvalue weighted by Crippen LogP contribution is -2.37. The average molecular weight is 293 g/mol. The summed E-state index contributed by atoms with van der Waals surface area (Å²) in [7, 11) is 0. The number of carbonyl (C=O) groups excluding carboxylic acids is 1. The van der Waals surface area contributed by atoms with Crippen molar-refractivity contribution in [1.29, 1.82) is 0 Å². The summed E-state index contributed by atoms with van der Waals surface area (Å²) >= 11 is 0. The van der Waals surface area contributed by atoms with Gasteiger partial charge >= 0.3 is 6.09 Å². The Hall–Kier alpha value is -1.55. The number of benzene rings is 1. The average Bonchev–Trinajstić information content (AvgIpc) is 2.37. The molecule has 0 aliphatic heterocycles. The topological polar surface area (TPSA) is 47.6 Å². The zero-order chi connectivity index (χ0) is 15.7. The van der Waals surface area contributed by atoms with E-state index in [1.54, 1.807) is 0 Å².